The van der Waals surface area contributed by atoms with Gasteiger partial charge in [-0.05, 0) is 120 Å². The summed E-state index contributed by atoms with van der Waals surface area (Å²) in [5, 5.41) is 19.5. The minimum atomic E-state index is 0.633. The molecule has 0 unspecified atom stereocenters. The Kier molecular flexibility index (Phi) is 17.3. The Bertz CT molecular complexity index is 9800. The van der Waals surface area contributed by atoms with Gasteiger partial charge in [0.05, 0.1) is 83.2 Å². The van der Waals surface area contributed by atoms with E-state index in [1.165, 1.54) is 58.0 Å². The lowest BCUT2D eigenvalue weighted by atomic mass is 10.0. The maximum atomic E-state index is 6.55. The Balaban J connectivity index is 0.000000102. The Labute approximate surface area is 763 Å². The van der Waals surface area contributed by atoms with Crippen LogP contribution < -0.4 is 0 Å². The van der Waals surface area contributed by atoms with Gasteiger partial charge in [-0.2, -0.15) is 0 Å². The lowest BCUT2D eigenvalue weighted by Crippen LogP contribution is -2.03. The SMILES string of the molecule is c1ccc(-c2ccc3c4c5oc6ccccc6c5ccc4n(-c4nc(-c5ccccc5)c5ccccc5n4)c3c2)cc1.c1ccc(-c2nc(-n3c4cc(-c5cccc6c5oc5ccccc56)ccc4c4c5sc6ccccc6c5ccc43)nc3ccccc23)cc1.c1ccc(-c2nc(-n3c4ccccc4c4cc5c6ccccc6n(-c6ccccc6)c5cc43)nc3ccccc23)cc1. The third-order valence-electron chi connectivity index (χ3n) is 26.4. The number of hydrogen-bond acceptors (Lipinski definition) is 9. The highest BCUT2D eigenvalue weighted by molar-refractivity contribution is 7.26. The summed E-state index contributed by atoms with van der Waals surface area (Å²) in [5.74, 6) is 1.95. The van der Waals surface area contributed by atoms with E-state index in [4.69, 9.17) is 38.7 Å². The third kappa shape index (κ3) is 12.1. The number of fused-ring (bicyclic) bond motifs is 26. The maximum Gasteiger partial charge on any atom is 0.235 e. The van der Waals surface area contributed by atoms with Gasteiger partial charge in [0.2, 0.25) is 17.8 Å². The number of furan rings is 2. The van der Waals surface area contributed by atoms with E-state index in [0.717, 1.165) is 188 Å². The monoisotopic (exact) mass is 1720 g/mol. The molecule has 0 aliphatic carbocycles. The Morgan fingerprint density at radius 1 is 0.195 bits per heavy atom. The van der Waals surface area contributed by atoms with Crippen molar-refractivity contribution in [2.24, 2.45) is 0 Å². The largest absolute Gasteiger partial charge is 0.455 e. The van der Waals surface area contributed by atoms with E-state index >= 15 is 0 Å². The molecule has 12 nitrogen and oxygen atoms in total. The first-order valence-electron chi connectivity index (χ1n) is 44.7. The van der Waals surface area contributed by atoms with Crippen LogP contribution in [0.25, 0.3) is 264 Å². The molecular formula is C120H72N10O2S. The van der Waals surface area contributed by atoms with E-state index in [2.05, 4.69) is 382 Å². The zero-order valence-electron chi connectivity index (χ0n) is 71.3. The molecule has 0 radical (unpaired) electrons. The zero-order chi connectivity index (χ0) is 87.3. The summed E-state index contributed by atoms with van der Waals surface area (Å²) in [6, 6.07) is 153. The molecule has 0 saturated carbocycles. The minimum absolute atomic E-state index is 0.633. The highest BCUT2D eigenvalue weighted by atomic mass is 32.1. The zero-order valence-corrected chi connectivity index (χ0v) is 72.1. The van der Waals surface area contributed by atoms with Crippen LogP contribution in [-0.2, 0) is 0 Å². The summed E-state index contributed by atoms with van der Waals surface area (Å²) < 4.78 is 24.7. The number of rotatable bonds is 9. The number of hydrogen-bond donors (Lipinski definition) is 0. The van der Waals surface area contributed by atoms with Gasteiger partial charge in [-0.25, -0.2) is 29.9 Å². The molecule has 0 spiro atoms. The lowest BCUT2D eigenvalue weighted by molar-refractivity contribution is 0.670. The predicted molar refractivity (Wildman–Crippen MR) is 551 cm³/mol. The standard InChI is InChI=1S/C44H25N3OS.C38H24N4.C38H23N3O/c1-2-11-26(12-3-1)41-33-15-4-7-18-35(33)45-44(46-41)47-36-24-23-32-30-14-6-9-20-39(30)49-43(32)40(36)34-22-21-27(25-37(34)47)28-16-10-17-31-29-13-5-8-19-38(29)48-42(28)31;1-3-13-25(14-4-1)37-29-19-7-10-20-32(29)39-38(40-37)42-34-22-12-9-18-28(34)31-23-30-27-17-8-11-21-33(27)41(35(30)24-36(31)42)26-15-5-2-6-16-26;1-3-11-24(12-4-1)26-19-20-30-33(23-26)41(32-22-21-28-27-15-8-10-18-34(27)42-37(28)35(30)32)38-39-31-17-9-7-16-29(31)36(40-38)25-13-5-2-6-14-25/h1-25H;1-24H;1-23H. The quantitative estimate of drug-likeness (QED) is 0.140. The molecule has 620 valence electrons. The first kappa shape index (κ1) is 75.4. The highest BCUT2D eigenvalue weighted by Crippen LogP contribution is 2.49. The third-order valence-corrected chi connectivity index (χ3v) is 27.6. The highest BCUT2D eigenvalue weighted by Gasteiger charge is 2.28. The number of thiophene rings is 1. The van der Waals surface area contributed by atoms with Crippen LogP contribution >= 0.6 is 11.3 Å². The topological polar surface area (TPSA) is 123 Å². The van der Waals surface area contributed by atoms with Crippen molar-refractivity contribution in [2.75, 3.05) is 0 Å². The Morgan fingerprint density at radius 3 is 1.12 bits per heavy atom. The number of aromatic nitrogens is 10. The Hall–Kier alpha value is -17.8. The van der Waals surface area contributed by atoms with Gasteiger partial charge in [0, 0.05) is 124 Å². The maximum absolute atomic E-state index is 6.55. The van der Waals surface area contributed by atoms with E-state index in [-0.39, 0.29) is 0 Å². The van der Waals surface area contributed by atoms with Crippen molar-refractivity contribution in [3.05, 3.63) is 437 Å². The van der Waals surface area contributed by atoms with E-state index in [9.17, 15) is 0 Å². The van der Waals surface area contributed by atoms with Gasteiger partial charge in [-0.1, -0.05) is 334 Å². The molecule has 13 heteroatoms. The molecule has 0 amide bonds. The molecule has 0 aliphatic heterocycles. The normalized spacial score (nSPS) is 11.9. The molecule has 29 rings (SSSR count). The molecule has 10 heterocycles. The molecule has 19 aromatic carbocycles. The molecule has 0 bridgehead atoms. The van der Waals surface area contributed by atoms with Gasteiger partial charge in [0.1, 0.15) is 22.3 Å². The van der Waals surface area contributed by atoms with Crippen LogP contribution in [0.5, 0.6) is 0 Å². The summed E-state index contributed by atoms with van der Waals surface area (Å²) in [4.78, 5) is 31.4. The van der Waals surface area contributed by atoms with E-state index < -0.39 is 0 Å². The van der Waals surface area contributed by atoms with Gasteiger partial charge in [-0.15, -0.1) is 11.3 Å². The summed E-state index contributed by atoms with van der Waals surface area (Å²) in [5.41, 5.74) is 26.5. The van der Waals surface area contributed by atoms with E-state index in [0.29, 0.717) is 17.8 Å². The fraction of sp³-hybridized carbons (Fsp3) is 0. The molecule has 133 heavy (non-hydrogen) atoms. The fourth-order valence-corrected chi connectivity index (χ4v) is 21.7. The molecule has 0 atom stereocenters. The van der Waals surface area contributed by atoms with Crippen LogP contribution in [0.1, 0.15) is 0 Å². The van der Waals surface area contributed by atoms with Gasteiger partial charge < -0.3 is 13.4 Å². The minimum Gasteiger partial charge on any atom is -0.455 e. The average molecular weight is 1720 g/mol. The molecule has 29 aromatic rings. The van der Waals surface area contributed by atoms with Crippen molar-refractivity contribution in [3.8, 4) is 79.6 Å². The van der Waals surface area contributed by atoms with Crippen LogP contribution in [0.15, 0.2) is 446 Å². The number of nitrogens with zero attached hydrogens (tertiary/aromatic N) is 10. The van der Waals surface area contributed by atoms with Gasteiger partial charge in [-0.3, -0.25) is 13.7 Å². The molecule has 0 fully saturated rings. The molecule has 0 N–H and O–H groups in total. The van der Waals surface area contributed by atoms with E-state index in [1.54, 1.807) is 0 Å². The van der Waals surface area contributed by atoms with Crippen LogP contribution in [0.3, 0.4) is 0 Å². The lowest BCUT2D eigenvalue weighted by Gasteiger charge is -2.12. The van der Waals surface area contributed by atoms with Crippen molar-refractivity contribution in [1.82, 2.24) is 48.2 Å². The summed E-state index contributed by atoms with van der Waals surface area (Å²) in [6.07, 6.45) is 0. The van der Waals surface area contributed by atoms with Crippen LogP contribution in [0.2, 0.25) is 0 Å². The van der Waals surface area contributed by atoms with Crippen molar-refractivity contribution in [3.63, 3.8) is 0 Å². The first-order valence-corrected chi connectivity index (χ1v) is 45.5. The van der Waals surface area contributed by atoms with Gasteiger partial charge in [0.15, 0.2) is 0 Å². The van der Waals surface area contributed by atoms with Crippen LogP contribution in [0.4, 0.5) is 0 Å². The first-order chi connectivity index (χ1) is 66.0. The fourth-order valence-electron chi connectivity index (χ4n) is 20.4. The number of para-hydroxylation sites is 9. The smallest absolute Gasteiger partial charge is 0.235 e. The molecule has 10 aromatic heterocycles. The molecular weight excluding hydrogens is 1650 g/mol. The molecule has 0 saturated heterocycles. The van der Waals surface area contributed by atoms with Gasteiger partial charge in [0.25, 0.3) is 0 Å². The average Bonchev–Trinajstić information content (AvgIpc) is 1.56. The van der Waals surface area contributed by atoms with Crippen molar-refractivity contribution in [1.29, 1.82) is 0 Å². The second-order valence-corrected chi connectivity index (χ2v) is 34.9. The summed E-state index contributed by atoms with van der Waals surface area (Å²) in [7, 11) is 0. The van der Waals surface area contributed by atoms with Crippen molar-refractivity contribution >= 4 is 195 Å². The second-order valence-electron chi connectivity index (χ2n) is 33.8. The summed E-state index contributed by atoms with van der Waals surface area (Å²) >= 11 is 1.85. The van der Waals surface area contributed by atoms with Crippen molar-refractivity contribution < 1.29 is 8.83 Å². The second kappa shape index (κ2) is 30.5. The van der Waals surface area contributed by atoms with Crippen molar-refractivity contribution in [2.45, 2.75) is 0 Å². The van der Waals surface area contributed by atoms with Crippen LogP contribution in [-0.4, -0.2) is 48.2 Å². The van der Waals surface area contributed by atoms with E-state index in [1.807, 2.05) is 84.1 Å². The van der Waals surface area contributed by atoms with Crippen LogP contribution in [0, 0.1) is 0 Å². The van der Waals surface area contributed by atoms with Gasteiger partial charge >= 0.3 is 0 Å². The Morgan fingerprint density at radius 2 is 0.571 bits per heavy atom. The number of benzene rings is 19. The summed E-state index contributed by atoms with van der Waals surface area (Å²) in [6.45, 7) is 0. The molecule has 0 aliphatic rings. The predicted octanol–water partition coefficient (Wildman–Crippen LogP) is 31.8.